The Morgan fingerprint density at radius 2 is 1.43 bits per heavy atom. The number of imide groups is 1. The van der Waals surface area contributed by atoms with E-state index in [9.17, 15) is 48.9 Å². The Bertz CT molecular complexity index is 2000. The fourth-order valence-electron chi connectivity index (χ4n) is 6.77. The maximum absolute atomic E-state index is 12.8. The number of aliphatic hydroxyl groups is 3. The Labute approximate surface area is 395 Å². The van der Waals surface area contributed by atoms with Gasteiger partial charge in [-0.1, -0.05) is 38.1 Å². The molecule has 0 radical (unpaired) electrons. The van der Waals surface area contributed by atoms with Crippen LogP contribution in [-0.2, 0) is 52.6 Å². The van der Waals surface area contributed by atoms with Crippen molar-refractivity contribution in [2.45, 2.75) is 116 Å². The van der Waals surface area contributed by atoms with E-state index >= 15 is 0 Å². The molecule has 6 amide bonds. The number of benzene rings is 2. The molecule has 2 fully saturated rings. The zero-order chi connectivity index (χ0) is 49.9. The summed E-state index contributed by atoms with van der Waals surface area (Å²) in [5.74, 6) is -2.58. The van der Waals surface area contributed by atoms with Crippen LogP contribution in [0.15, 0.2) is 48.5 Å². The number of amides is 6. The highest BCUT2D eigenvalue weighted by atomic mass is 16.7. The fourth-order valence-corrected chi connectivity index (χ4v) is 6.77. The van der Waals surface area contributed by atoms with Crippen LogP contribution in [0.1, 0.15) is 89.9 Å². The number of rotatable bonds is 28. The van der Waals surface area contributed by atoms with Crippen molar-refractivity contribution in [3.05, 3.63) is 54.1 Å². The highest BCUT2D eigenvalue weighted by Gasteiger charge is 2.42. The molecule has 0 bridgehead atoms. The first-order valence-corrected chi connectivity index (χ1v) is 22.8. The van der Waals surface area contributed by atoms with Crippen LogP contribution in [0.5, 0.6) is 5.75 Å². The lowest BCUT2D eigenvalue weighted by molar-refractivity contribution is -0.294. The number of hydrogen-bond acceptors (Lipinski definition) is 16. The summed E-state index contributed by atoms with van der Waals surface area (Å²) in [6.07, 6.45) is -4.79. The Morgan fingerprint density at radius 3 is 2.15 bits per heavy atom. The van der Waals surface area contributed by atoms with Gasteiger partial charge in [0.25, 0.3) is 23.6 Å². The van der Waals surface area contributed by atoms with E-state index in [1.165, 1.54) is 0 Å². The highest BCUT2D eigenvalue weighted by Crippen LogP contribution is 2.25. The molecule has 2 aliphatic heterocycles. The smallest absolute Gasteiger partial charge is 0.333 e. The number of nitrogens with zero attached hydrogens (tertiary/aromatic N) is 1. The molecule has 0 unspecified atom stereocenters. The van der Waals surface area contributed by atoms with Crippen molar-refractivity contribution < 1.29 is 77.4 Å². The standard InChI is InChI=1S/C47H67N5O16/c1-30-40(58)41(59)42(60)44(67-30)64-27-26-63-25-23-51-45(62)46(2,3)19-24-66-47(4,5)18-20-48-36(54)29-65-34-14-12-31(13-15-34)32-8-6-9-33(28-32)43(61)50-22-21-49-35(53)10-7-11-39(57)68-52-37(55)16-17-38(52)56/h6,8-9,12-15,28,30,40-42,44,58-60H,7,10-11,16-27,29H2,1-5H3,(H,48,54)(H,49,53)(H,50,61)(H,51,62)/t30-,40-,41+,42+,44+/m0/s1. The van der Waals surface area contributed by atoms with Gasteiger partial charge < -0.3 is 65.1 Å². The van der Waals surface area contributed by atoms with Gasteiger partial charge in [0.1, 0.15) is 24.1 Å². The second-order valence-electron chi connectivity index (χ2n) is 17.7. The number of carbonyl (C=O) groups is 7. The van der Waals surface area contributed by atoms with E-state index in [0.717, 1.165) is 11.1 Å². The summed E-state index contributed by atoms with van der Waals surface area (Å²) >= 11 is 0. The van der Waals surface area contributed by atoms with E-state index in [1.54, 1.807) is 37.3 Å². The predicted molar refractivity (Wildman–Crippen MR) is 242 cm³/mol. The van der Waals surface area contributed by atoms with Gasteiger partial charge in [0, 0.05) is 69.4 Å². The van der Waals surface area contributed by atoms with E-state index in [-0.39, 0.29) is 102 Å². The molecule has 0 aliphatic carbocycles. The molecule has 2 aromatic carbocycles. The lowest BCUT2D eigenvalue weighted by Crippen LogP contribution is -2.57. The van der Waals surface area contributed by atoms with Crippen LogP contribution in [0.3, 0.4) is 0 Å². The average Bonchev–Trinajstić information content (AvgIpc) is 3.62. The van der Waals surface area contributed by atoms with Gasteiger partial charge in [-0.2, -0.15) is 0 Å². The monoisotopic (exact) mass is 957 g/mol. The van der Waals surface area contributed by atoms with Gasteiger partial charge in [0.2, 0.25) is 11.8 Å². The molecule has 5 atom stereocenters. The summed E-state index contributed by atoms with van der Waals surface area (Å²) in [5.41, 5.74) is 0.703. The fraction of sp³-hybridized carbons (Fsp3) is 0.596. The van der Waals surface area contributed by atoms with Gasteiger partial charge in [-0.15, -0.1) is 5.06 Å². The lowest BCUT2D eigenvalue weighted by Gasteiger charge is -2.38. The van der Waals surface area contributed by atoms with Crippen molar-refractivity contribution in [2.24, 2.45) is 5.41 Å². The van der Waals surface area contributed by atoms with Crippen molar-refractivity contribution in [2.75, 3.05) is 59.2 Å². The molecule has 0 spiro atoms. The lowest BCUT2D eigenvalue weighted by atomic mass is 9.88. The Balaban J connectivity index is 1.04. The Kier molecular flexibility index (Phi) is 21.7. The molecule has 2 saturated heterocycles. The second kappa shape index (κ2) is 26.9. The minimum absolute atomic E-state index is 0.00312. The molecule has 0 aromatic heterocycles. The van der Waals surface area contributed by atoms with Gasteiger partial charge >= 0.3 is 5.97 Å². The third kappa shape index (κ3) is 18.2. The number of hydrogen-bond donors (Lipinski definition) is 7. The molecule has 7 N–H and O–H groups in total. The molecular formula is C47H67N5O16. The van der Waals surface area contributed by atoms with E-state index in [4.69, 9.17) is 28.5 Å². The van der Waals surface area contributed by atoms with Crippen LogP contribution < -0.4 is 26.0 Å². The van der Waals surface area contributed by atoms with Gasteiger partial charge in [-0.25, -0.2) is 4.79 Å². The van der Waals surface area contributed by atoms with Gasteiger partial charge in [-0.3, -0.25) is 28.8 Å². The number of nitrogens with one attached hydrogen (secondary N) is 4. The molecule has 376 valence electrons. The summed E-state index contributed by atoms with van der Waals surface area (Å²) < 4.78 is 28.1. The average molecular weight is 958 g/mol. The van der Waals surface area contributed by atoms with Gasteiger partial charge in [0.15, 0.2) is 12.9 Å². The second-order valence-corrected chi connectivity index (χ2v) is 17.7. The minimum Gasteiger partial charge on any atom is -0.484 e. The van der Waals surface area contributed by atoms with E-state index in [2.05, 4.69) is 21.3 Å². The van der Waals surface area contributed by atoms with Gasteiger partial charge in [0.05, 0.1) is 31.5 Å². The van der Waals surface area contributed by atoms with Crippen molar-refractivity contribution in [3.63, 3.8) is 0 Å². The van der Waals surface area contributed by atoms with Crippen LogP contribution >= 0.6 is 0 Å². The number of hydroxylamine groups is 2. The normalized spacial score (nSPS) is 19.6. The number of aliphatic hydroxyl groups excluding tert-OH is 3. The maximum Gasteiger partial charge on any atom is 0.333 e. The molecule has 68 heavy (non-hydrogen) atoms. The third-order valence-corrected chi connectivity index (χ3v) is 11.1. The largest absolute Gasteiger partial charge is 0.484 e. The van der Waals surface area contributed by atoms with Crippen molar-refractivity contribution in [1.29, 1.82) is 0 Å². The summed E-state index contributed by atoms with van der Waals surface area (Å²) in [4.78, 5) is 90.2. The summed E-state index contributed by atoms with van der Waals surface area (Å²) in [7, 11) is 0. The van der Waals surface area contributed by atoms with Crippen LogP contribution in [0.4, 0.5) is 0 Å². The van der Waals surface area contributed by atoms with Crippen molar-refractivity contribution in [1.82, 2.24) is 26.3 Å². The first-order chi connectivity index (χ1) is 32.3. The minimum atomic E-state index is -1.39. The van der Waals surface area contributed by atoms with Crippen LogP contribution in [0, 0.1) is 5.41 Å². The topological polar surface area (TPSA) is 287 Å². The summed E-state index contributed by atoms with van der Waals surface area (Å²) in [5, 5.41) is 41.3. The quantitative estimate of drug-likeness (QED) is 0.0464. The molecule has 2 aliphatic rings. The number of carbonyl (C=O) groups excluding carboxylic acids is 7. The van der Waals surface area contributed by atoms with Gasteiger partial charge in [-0.05, 0) is 75.4 Å². The maximum atomic E-state index is 12.8. The van der Waals surface area contributed by atoms with E-state index in [0.29, 0.717) is 42.4 Å². The molecule has 2 heterocycles. The number of ether oxygens (including phenoxy) is 5. The van der Waals surface area contributed by atoms with Crippen LogP contribution in [0.2, 0.25) is 0 Å². The molecule has 21 heteroatoms. The van der Waals surface area contributed by atoms with E-state index < -0.39 is 59.5 Å². The zero-order valence-electron chi connectivity index (χ0n) is 39.4. The Hall–Kier alpha value is -5.55. The molecule has 21 nitrogen and oxygen atoms in total. The first-order valence-electron chi connectivity index (χ1n) is 22.8. The van der Waals surface area contributed by atoms with Crippen molar-refractivity contribution >= 4 is 41.4 Å². The van der Waals surface area contributed by atoms with Crippen molar-refractivity contribution in [3.8, 4) is 16.9 Å². The highest BCUT2D eigenvalue weighted by molar-refractivity contribution is 6.01. The third-order valence-electron chi connectivity index (χ3n) is 11.1. The zero-order valence-corrected chi connectivity index (χ0v) is 39.4. The van der Waals surface area contributed by atoms with Crippen LogP contribution in [-0.4, -0.2) is 157 Å². The predicted octanol–water partition coefficient (Wildman–Crippen LogP) is 1.05. The molecular weight excluding hydrogens is 891 g/mol. The molecule has 0 saturated carbocycles. The molecule has 2 aromatic rings. The summed E-state index contributed by atoms with van der Waals surface area (Å²) in [6.45, 7) is 10.5. The van der Waals surface area contributed by atoms with E-state index in [1.807, 2.05) is 45.9 Å². The summed E-state index contributed by atoms with van der Waals surface area (Å²) in [6, 6.07) is 14.1. The van der Waals surface area contributed by atoms with Crippen LogP contribution in [0.25, 0.3) is 11.1 Å². The molecule has 4 rings (SSSR count). The SMILES string of the molecule is C[C@@H]1O[C@@H](OCCOCCNC(=O)C(C)(C)CCOC(C)(C)CCNC(=O)COc2ccc(-c3cccc(C(=O)NCCNC(=O)CCCC(=O)ON4C(=O)CCC4=O)c3)cc2)[C@H](O)[C@H](O)[C@H]1O. The first kappa shape index (κ1) is 55.0. The Morgan fingerprint density at radius 1 is 0.735 bits per heavy atom.